The van der Waals surface area contributed by atoms with Gasteiger partial charge in [-0.2, -0.15) is 0 Å². The van der Waals surface area contributed by atoms with Gasteiger partial charge in [0.1, 0.15) is 5.60 Å². The highest BCUT2D eigenvalue weighted by atomic mass is 16.6. The van der Waals surface area contributed by atoms with E-state index in [4.69, 9.17) is 9.47 Å². The fraction of sp³-hybridized carbons (Fsp3) is 0.864. The van der Waals surface area contributed by atoms with Crippen LogP contribution in [0, 0.1) is 23.7 Å². The second-order valence-electron chi connectivity index (χ2n) is 9.69. The van der Waals surface area contributed by atoms with Gasteiger partial charge in [-0.05, 0) is 71.6 Å². The molecule has 3 fully saturated rings. The van der Waals surface area contributed by atoms with E-state index in [1.54, 1.807) is 4.90 Å². The maximum atomic E-state index is 13.0. The van der Waals surface area contributed by atoms with E-state index in [0.29, 0.717) is 38.1 Å². The summed E-state index contributed by atoms with van der Waals surface area (Å²) in [6.45, 7) is 10.5. The fourth-order valence-electron chi connectivity index (χ4n) is 4.72. The lowest BCUT2D eigenvalue weighted by molar-refractivity contribution is -0.151. The van der Waals surface area contributed by atoms with Crippen LogP contribution in [-0.2, 0) is 19.1 Å². The highest BCUT2D eigenvalue weighted by molar-refractivity contribution is 5.83. The van der Waals surface area contributed by atoms with Crippen LogP contribution < -0.4 is 0 Å². The number of likely N-dealkylation sites (tertiary alicyclic amines) is 2. The van der Waals surface area contributed by atoms with E-state index in [-0.39, 0.29) is 29.8 Å². The third-order valence-corrected chi connectivity index (χ3v) is 6.31. The molecule has 2 heterocycles. The number of carbonyl (C=O) groups is 3. The molecular weight excluding hydrogens is 372 g/mol. The first-order valence-electron chi connectivity index (χ1n) is 11.1. The number of hydrogen-bond donors (Lipinski definition) is 0. The minimum atomic E-state index is -0.474. The molecule has 0 bridgehead atoms. The SMILES string of the molecule is CCOC(=O)[C@@H]1CCCN(C(=O)[C@@H]2C[C@H]2C2CCN(C(=O)OC(C)(C)C)CC2)C1. The van der Waals surface area contributed by atoms with Gasteiger partial charge in [0.25, 0.3) is 0 Å². The molecule has 0 aromatic heterocycles. The zero-order valence-electron chi connectivity index (χ0n) is 18.3. The number of piperidine rings is 2. The lowest BCUT2D eigenvalue weighted by Crippen LogP contribution is -2.44. The molecule has 0 aromatic rings. The molecule has 3 atom stereocenters. The molecule has 164 valence electrons. The summed E-state index contributed by atoms with van der Waals surface area (Å²) in [7, 11) is 0. The molecule has 1 saturated carbocycles. The van der Waals surface area contributed by atoms with Gasteiger partial charge in [0.05, 0.1) is 12.5 Å². The molecule has 0 unspecified atom stereocenters. The second-order valence-corrected chi connectivity index (χ2v) is 9.69. The van der Waals surface area contributed by atoms with Gasteiger partial charge in [0.15, 0.2) is 0 Å². The average molecular weight is 409 g/mol. The normalized spacial score (nSPS) is 28.1. The van der Waals surface area contributed by atoms with Crippen LogP contribution in [0.4, 0.5) is 4.79 Å². The van der Waals surface area contributed by atoms with Crippen molar-refractivity contribution >= 4 is 18.0 Å². The molecule has 29 heavy (non-hydrogen) atoms. The topological polar surface area (TPSA) is 76.2 Å². The van der Waals surface area contributed by atoms with Crippen molar-refractivity contribution in [3.05, 3.63) is 0 Å². The van der Waals surface area contributed by atoms with Crippen LogP contribution in [0.3, 0.4) is 0 Å². The average Bonchev–Trinajstić information content (AvgIpc) is 3.47. The summed E-state index contributed by atoms with van der Waals surface area (Å²) in [5, 5.41) is 0. The van der Waals surface area contributed by atoms with Crippen LogP contribution >= 0.6 is 0 Å². The number of nitrogens with zero attached hydrogens (tertiary/aromatic N) is 2. The fourth-order valence-corrected chi connectivity index (χ4v) is 4.72. The Kier molecular flexibility index (Phi) is 6.74. The lowest BCUT2D eigenvalue weighted by atomic mass is 9.90. The molecule has 0 aromatic carbocycles. The third kappa shape index (κ3) is 5.64. The molecule has 2 saturated heterocycles. The summed E-state index contributed by atoms with van der Waals surface area (Å²) >= 11 is 0. The molecular formula is C22H36N2O5. The van der Waals surface area contributed by atoms with E-state index in [9.17, 15) is 14.4 Å². The van der Waals surface area contributed by atoms with E-state index in [0.717, 1.165) is 38.6 Å². The highest BCUT2D eigenvalue weighted by Crippen LogP contribution is 2.49. The Morgan fingerprint density at radius 2 is 1.69 bits per heavy atom. The van der Waals surface area contributed by atoms with E-state index in [1.165, 1.54) is 0 Å². The Balaban J connectivity index is 1.45. The van der Waals surface area contributed by atoms with Crippen LogP contribution in [-0.4, -0.2) is 66.2 Å². The van der Waals surface area contributed by atoms with Gasteiger partial charge in [0, 0.05) is 32.1 Å². The quantitative estimate of drug-likeness (QED) is 0.668. The number of hydrogen-bond acceptors (Lipinski definition) is 5. The van der Waals surface area contributed by atoms with Gasteiger partial charge < -0.3 is 19.3 Å². The van der Waals surface area contributed by atoms with Crippen molar-refractivity contribution in [2.45, 2.75) is 65.4 Å². The number of ether oxygens (including phenoxy) is 2. The molecule has 0 spiro atoms. The van der Waals surface area contributed by atoms with E-state index in [1.807, 2.05) is 32.6 Å². The smallest absolute Gasteiger partial charge is 0.410 e. The van der Waals surface area contributed by atoms with Crippen LogP contribution in [0.15, 0.2) is 0 Å². The molecule has 1 aliphatic carbocycles. The standard InChI is InChI=1S/C22H36N2O5/c1-5-28-20(26)16-7-6-10-24(14-16)19(25)18-13-17(18)15-8-11-23(12-9-15)21(27)29-22(2,3)4/h15-18H,5-14H2,1-4H3/t16-,17+,18-/m1/s1. The Labute approximate surface area is 174 Å². The van der Waals surface area contributed by atoms with Gasteiger partial charge >= 0.3 is 12.1 Å². The first-order chi connectivity index (χ1) is 13.7. The molecule has 7 nitrogen and oxygen atoms in total. The van der Waals surface area contributed by atoms with E-state index < -0.39 is 5.60 Å². The zero-order valence-corrected chi connectivity index (χ0v) is 18.3. The van der Waals surface area contributed by atoms with Gasteiger partial charge in [0.2, 0.25) is 5.91 Å². The van der Waals surface area contributed by atoms with Crippen molar-refractivity contribution in [3.63, 3.8) is 0 Å². The van der Waals surface area contributed by atoms with Crippen molar-refractivity contribution in [2.75, 3.05) is 32.8 Å². The minimum Gasteiger partial charge on any atom is -0.466 e. The van der Waals surface area contributed by atoms with Crippen LogP contribution in [0.5, 0.6) is 0 Å². The summed E-state index contributed by atoms with van der Waals surface area (Å²) in [6.07, 6.45) is 4.23. The molecule has 7 heteroatoms. The molecule has 0 N–H and O–H groups in total. The van der Waals surface area contributed by atoms with Crippen LogP contribution in [0.25, 0.3) is 0 Å². The maximum Gasteiger partial charge on any atom is 0.410 e. The highest BCUT2D eigenvalue weighted by Gasteiger charge is 2.50. The zero-order chi connectivity index (χ0) is 21.2. The first-order valence-corrected chi connectivity index (χ1v) is 11.1. The maximum absolute atomic E-state index is 13.0. The largest absolute Gasteiger partial charge is 0.466 e. The van der Waals surface area contributed by atoms with E-state index in [2.05, 4.69) is 0 Å². The van der Waals surface area contributed by atoms with Crippen molar-refractivity contribution in [1.29, 1.82) is 0 Å². The molecule has 0 radical (unpaired) electrons. The molecule has 3 rings (SSSR count). The molecule has 2 amide bonds. The van der Waals surface area contributed by atoms with Gasteiger partial charge in [-0.25, -0.2) is 4.79 Å². The lowest BCUT2D eigenvalue weighted by Gasteiger charge is -2.34. The third-order valence-electron chi connectivity index (χ3n) is 6.31. The number of esters is 1. The molecule has 3 aliphatic rings. The summed E-state index contributed by atoms with van der Waals surface area (Å²) in [5.41, 5.74) is -0.474. The Morgan fingerprint density at radius 1 is 1.00 bits per heavy atom. The summed E-state index contributed by atoms with van der Waals surface area (Å²) in [6, 6.07) is 0. The summed E-state index contributed by atoms with van der Waals surface area (Å²) < 4.78 is 10.6. The second kappa shape index (κ2) is 8.92. The predicted octanol–water partition coefficient (Wildman–Crippen LogP) is 3.07. The molecule has 2 aliphatic heterocycles. The monoisotopic (exact) mass is 408 g/mol. The minimum absolute atomic E-state index is 0.0917. The summed E-state index contributed by atoms with van der Waals surface area (Å²) in [4.78, 5) is 40.9. The predicted molar refractivity (Wildman–Crippen MR) is 108 cm³/mol. The van der Waals surface area contributed by atoms with Crippen LogP contribution in [0.1, 0.15) is 59.8 Å². The van der Waals surface area contributed by atoms with Crippen molar-refractivity contribution in [3.8, 4) is 0 Å². The van der Waals surface area contributed by atoms with Gasteiger partial charge in [-0.15, -0.1) is 0 Å². The Hall–Kier alpha value is -1.79. The number of carbonyl (C=O) groups excluding carboxylic acids is 3. The Morgan fingerprint density at radius 3 is 2.31 bits per heavy atom. The van der Waals surface area contributed by atoms with Crippen molar-refractivity contribution < 1.29 is 23.9 Å². The van der Waals surface area contributed by atoms with Gasteiger partial charge in [-0.3, -0.25) is 9.59 Å². The number of rotatable bonds is 4. The van der Waals surface area contributed by atoms with E-state index >= 15 is 0 Å². The van der Waals surface area contributed by atoms with Crippen molar-refractivity contribution in [1.82, 2.24) is 9.80 Å². The van der Waals surface area contributed by atoms with Crippen molar-refractivity contribution in [2.24, 2.45) is 23.7 Å². The number of amides is 2. The first kappa shape index (κ1) is 21.9. The summed E-state index contributed by atoms with van der Waals surface area (Å²) in [5.74, 6) is 0.862. The van der Waals surface area contributed by atoms with Crippen LogP contribution in [0.2, 0.25) is 0 Å². The Bertz CT molecular complexity index is 621. The van der Waals surface area contributed by atoms with Gasteiger partial charge in [-0.1, -0.05) is 0 Å².